The molecule has 0 fully saturated rings. The van der Waals surface area contributed by atoms with Crippen molar-refractivity contribution in [2.75, 3.05) is 39.5 Å². The summed E-state index contributed by atoms with van der Waals surface area (Å²) in [5.41, 5.74) is 0.907. The number of carbonyl (C=O) groups excluding carboxylic acids is 3. The third-order valence-corrected chi connectivity index (χ3v) is 6.21. The van der Waals surface area contributed by atoms with Gasteiger partial charge in [0.25, 0.3) is 11.8 Å². The number of thiocarbonyl (C=S) groups is 1. The second-order valence-electron chi connectivity index (χ2n) is 7.66. The highest BCUT2D eigenvalue weighted by Gasteiger charge is 2.27. The summed E-state index contributed by atoms with van der Waals surface area (Å²) in [6.45, 7) is 1.49. The number of fused-ring (bicyclic) bond motifs is 1. The van der Waals surface area contributed by atoms with Gasteiger partial charge in [-0.15, -0.1) is 23.7 Å². The number of aromatic nitrogens is 2. The summed E-state index contributed by atoms with van der Waals surface area (Å²) in [7, 11) is 5.13. The van der Waals surface area contributed by atoms with Crippen LogP contribution in [0.15, 0.2) is 18.3 Å². The zero-order valence-electron chi connectivity index (χ0n) is 18.8. The molecule has 0 bridgehead atoms. The van der Waals surface area contributed by atoms with Crippen LogP contribution in [-0.4, -0.2) is 82.8 Å². The third-order valence-electron chi connectivity index (χ3n) is 4.80. The van der Waals surface area contributed by atoms with Crippen molar-refractivity contribution in [3.63, 3.8) is 0 Å². The van der Waals surface area contributed by atoms with Crippen molar-refractivity contribution in [1.82, 2.24) is 30.4 Å². The van der Waals surface area contributed by atoms with Crippen LogP contribution in [0.4, 0.5) is 10.2 Å². The number of hydrogen-bond acceptors (Lipinski definition) is 8. The highest BCUT2D eigenvalue weighted by atomic mass is 35.5. The molecule has 0 aromatic carbocycles. The number of thiazole rings is 1. The Balaban J connectivity index is 0.00000408. The monoisotopic (exact) mass is 529 g/mol. The van der Waals surface area contributed by atoms with E-state index in [1.807, 2.05) is 7.05 Å². The van der Waals surface area contributed by atoms with E-state index in [-0.39, 0.29) is 40.7 Å². The molecule has 2 aromatic rings. The molecule has 0 aliphatic carbocycles. The molecule has 3 N–H and O–H groups in total. The van der Waals surface area contributed by atoms with Gasteiger partial charge in [-0.2, -0.15) is 0 Å². The molecule has 14 heteroatoms. The summed E-state index contributed by atoms with van der Waals surface area (Å²) >= 11 is 6.38. The minimum absolute atomic E-state index is 0. The zero-order chi connectivity index (χ0) is 24.1. The van der Waals surface area contributed by atoms with E-state index in [4.69, 9.17) is 12.2 Å². The average molecular weight is 530 g/mol. The van der Waals surface area contributed by atoms with E-state index < -0.39 is 23.7 Å². The van der Waals surface area contributed by atoms with Gasteiger partial charge in [0.05, 0.1) is 11.9 Å². The van der Waals surface area contributed by atoms with Crippen LogP contribution >= 0.6 is 36.0 Å². The van der Waals surface area contributed by atoms with Crippen LogP contribution in [0.3, 0.4) is 0 Å². The topological polar surface area (TPSA) is 120 Å². The number of halogens is 2. The average Bonchev–Trinajstić information content (AvgIpc) is 3.20. The van der Waals surface area contributed by atoms with Crippen LogP contribution in [0.2, 0.25) is 0 Å². The molecule has 3 rings (SSSR count). The second-order valence-corrected chi connectivity index (χ2v) is 9.15. The maximum Gasteiger partial charge on any atom is 0.284 e. The lowest BCUT2D eigenvalue weighted by molar-refractivity contribution is -0.130. The van der Waals surface area contributed by atoms with E-state index in [0.717, 1.165) is 42.3 Å². The summed E-state index contributed by atoms with van der Waals surface area (Å²) in [6, 6.07) is 1.46. The van der Waals surface area contributed by atoms with E-state index in [0.29, 0.717) is 0 Å². The Morgan fingerprint density at radius 3 is 2.71 bits per heavy atom. The van der Waals surface area contributed by atoms with Gasteiger partial charge in [-0.1, -0.05) is 12.2 Å². The second kappa shape index (κ2) is 12.1. The molecule has 0 saturated carbocycles. The smallest absolute Gasteiger partial charge is 0.284 e. The number of amides is 3. The van der Waals surface area contributed by atoms with Gasteiger partial charge < -0.3 is 25.8 Å². The molecule has 3 heterocycles. The Morgan fingerprint density at radius 2 is 2.06 bits per heavy atom. The molecule has 0 spiro atoms. The fourth-order valence-electron chi connectivity index (χ4n) is 3.05. The van der Waals surface area contributed by atoms with E-state index in [1.54, 1.807) is 14.1 Å². The Morgan fingerprint density at radius 1 is 1.32 bits per heavy atom. The van der Waals surface area contributed by atoms with Crippen molar-refractivity contribution < 1.29 is 18.8 Å². The Kier molecular flexibility index (Phi) is 9.79. The van der Waals surface area contributed by atoms with Crippen molar-refractivity contribution >= 4 is 64.5 Å². The molecule has 1 aliphatic heterocycles. The largest absolute Gasteiger partial charge is 0.369 e. The standard InChI is InChI=1S/C20H24FN7O3S2.ClH/c1-27(2)20(31)13(9-23-18(32)16(29)26-15-5-4-11(21)8-22-15)24-17(30)19-25-12-6-7-28(3)10-14(12)33-19;/h4-5,8,13H,6-7,9-10H2,1-3H3,(H,23,32)(H,24,30)(H,22,26,29);1H/t13-;/m0./s1. The minimum Gasteiger partial charge on any atom is -0.369 e. The fourth-order valence-corrected chi connectivity index (χ4v) is 4.28. The fraction of sp³-hybridized carbons (Fsp3) is 0.400. The first kappa shape index (κ1) is 27.5. The van der Waals surface area contributed by atoms with Gasteiger partial charge in [0, 0.05) is 45.0 Å². The predicted octanol–water partition coefficient (Wildman–Crippen LogP) is 0.829. The van der Waals surface area contributed by atoms with Crippen molar-refractivity contribution in [1.29, 1.82) is 0 Å². The van der Waals surface area contributed by atoms with E-state index in [2.05, 4.69) is 30.8 Å². The summed E-state index contributed by atoms with van der Waals surface area (Å²) in [4.78, 5) is 50.1. The van der Waals surface area contributed by atoms with Gasteiger partial charge in [0.15, 0.2) is 10.00 Å². The van der Waals surface area contributed by atoms with Crippen molar-refractivity contribution in [3.8, 4) is 0 Å². The Labute approximate surface area is 211 Å². The number of nitrogens with one attached hydrogen (secondary N) is 3. The molecule has 1 atom stereocenters. The van der Waals surface area contributed by atoms with Gasteiger partial charge >= 0.3 is 0 Å². The van der Waals surface area contributed by atoms with Gasteiger partial charge in [-0.05, 0) is 19.2 Å². The van der Waals surface area contributed by atoms with Gasteiger partial charge in [0.1, 0.15) is 17.7 Å². The van der Waals surface area contributed by atoms with Crippen molar-refractivity contribution in [2.45, 2.75) is 19.0 Å². The molecule has 0 unspecified atom stereocenters. The quantitative estimate of drug-likeness (QED) is 0.471. The predicted molar refractivity (Wildman–Crippen MR) is 133 cm³/mol. The number of carbonyl (C=O) groups is 3. The van der Waals surface area contributed by atoms with Crippen molar-refractivity contribution in [3.05, 3.63) is 39.7 Å². The zero-order valence-corrected chi connectivity index (χ0v) is 21.2. The number of likely N-dealkylation sites (N-methyl/N-ethyl adjacent to an activating group) is 2. The molecular formula is C20H25ClFN7O3S2. The van der Waals surface area contributed by atoms with Crippen LogP contribution in [0, 0.1) is 5.82 Å². The van der Waals surface area contributed by atoms with Gasteiger partial charge in [-0.25, -0.2) is 14.4 Å². The summed E-state index contributed by atoms with van der Waals surface area (Å²) < 4.78 is 13.0. The number of rotatable bonds is 6. The number of pyridine rings is 1. The Hall–Kier alpha value is -2.74. The molecule has 0 radical (unpaired) electrons. The normalized spacial score (nSPS) is 13.6. The lowest BCUT2D eigenvalue weighted by atomic mass is 10.2. The van der Waals surface area contributed by atoms with E-state index >= 15 is 0 Å². The minimum atomic E-state index is -0.981. The number of hydrogen-bond donors (Lipinski definition) is 3. The molecular weight excluding hydrogens is 505 g/mol. The molecule has 0 saturated heterocycles. The summed E-state index contributed by atoms with van der Waals surface area (Å²) in [5, 5.41) is 8.09. The van der Waals surface area contributed by atoms with E-state index in [9.17, 15) is 18.8 Å². The van der Waals surface area contributed by atoms with Crippen LogP contribution in [0.25, 0.3) is 0 Å². The van der Waals surface area contributed by atoms with Crippen molar-refractivity contribution in [2.24, 2.45) is 0 Å². The molecule has 1 aliphatic rings. The highest BCUT2D eigenvalue weighted by Crippen LogP contribution is 2.24. The van der Waals surface area contributed by atoms with Gasteiger partial charge in [-0.3, -0.25) is 14.4 Å². The molecule has 3 amide bonds. The lowest BCUT2D eigenvalue weighted by Crippen LogP contribution is -2.53. The Bertz CT molecular complexity index is 1060. The van der Waals surface area contributed by atoms with Gasteiger partial charge in [0.2, 0.25) is 5.91 Å². The molecule has 2 aromatic heterocycles. The molecule has 184 valence electrons. The van der Waals surface area contributed by atoms with Crippen LogP contribution in [0.1, 0.15) is 20.4 Å². The SMILES string of the molecule is CN1CCc2nc(C(=O)N[C@@H](CNC(=S)C(=O)Nc3ccc(F)cn3)C(=O)N(C)C)sc2C1.Cl. The lowest BCUT2D eigenvalue weighted by Gasteiger charge is -2.22. The number of anilines is 1. The van der Waals surface area contributed by atoms with Crippen LogP contribution in [0.5, 0.6) is 0 Å². The maximum absolute atomic E-state index is 13.0. The third kappa shape index (κ3) is 7.13. The van der Waals surface area contributed by atoms with Crippen LogP contribution in [-0.2, 0) is 22.6 Å². The first-order valence-corrected chi connectivity index (χ1v) is 11.3. The first-order chi connectivity index (χ1) is 15.6. The van der Waals surface area contributed by atoms with Crippen LogP contribution < -0.4 is 16.0 Å². The summed E-state index contributed by atoms with van der Waals surface area (Å²) in [6.07, 6.45) is 1.73. The molecule has 34 heavy (non-hydrogen) atoms. The summed E-state index contributed by atoms with van der Waals surface area (Å²) in [5.74, 6) is -1.94. The number of nitrogens with zero attached hydrogens (tertiary/aromatic N) is 4. The maximum atomic E-state index is 13.0. The van der Waals surface area contributed by atoms with E-state index in [1.165, 1.54) is 22.3 Å². The molecule has 10 nitrogen and oxygen atoms in total. The highest BCUT2D eigenvalue weighted by molar-refractivity contribution is 7.82. The first-order valence-electron chi connectivity index (χ1n) is 10.0.